The summed E-state index contributed by atoms with van der Waals surface area (Å²) in [4.78, 5) is 24.4. The number of carboxylic acids is 1. The summed E-state index contributed by atoms with van der Waals surface area (Å²) in [6, 6.07) is 10.2. The van der Waals surface area contributed by atoms with Gasteiger partial charge in [-0.1, -0.05) is 18.2 Å². The Morgan fingerprint density at radius 1 is 0.935 bits per heavy atom. The second-order valence-electron chi connectivity index (χ2n) is 6.10. The molecule has 11 heteroatoms. The second-order valence-corrected chi connectivity index (χ2v) is 10.6. The number of aromatic hydroxyl groups is 1. The van der Waals surface area contributed by atoms with Gasteiger partial charge < -0.3 is 17.5 Å². The van der Waals surface area contributed by atoms with Crippen molar-refractivity contribution < 1.29 is 81.4 Å². The molecule has 2 N–H and O–H groups in total. The van der Waals surface area contributed by atoms with Crippen LogP contribution in [-0.2, 0) is 0 Å². The Labute approximate surface area is 278 Å². The van der Waals surface area contributed by atoms with Gasteiger partial charge in [0.15, 0.2) is 11.3 Å². The Balaban J connectivity index is 0.00000256. The molecule has 2 aromatic rings. The van der Waals surface area contributed by atoms with Crippen molar-refractivity contribution in [2.75, 3.05) is 0 Å². The van der Waals surface area contributed by atoms with E-state index in [1.165, 1.54) is 0 Å². The molecule has 2 aromatic carbocycles. The van der Waals surface area contributed by atoms with Crippen LogP contribution in [0.5, 0.6) is 5.75 Å². The van der Waals surface area contributed by atoms with E-state index < -0.39 is 5.97 Å². The van der Waals surface area contributed by atoms with Gasteiger partial charge in [-0.05, 0) is 114 Å². The van der Waals surface area contributed by atoms with Gasteiger partial charge >= 0.3 is 65.1 Å². The Kier molecular flexibility index (Phi) is 10.5. The smallest absolute Gasteiger partial charge is 1.00 e. The predicted octanol–water partition coefficient (Wildman–Crippen LogP) is 0.620. The molecule has 0 saturated carbocycles. The number of carbonyl (C=O) groups is 1. The Morgan fingerprint density at radius 2 is 1.58 bits per heavy atom. The first-order chi connectivity index (χ1) is 13.7. The molecule has 0 bridgehead atoms. The maximum atomic E-state index is 12.5. The van der Waals surface area contributed by atoms with Crippen LogP contribution in [0, 0.1) is 14.3 Å². The first-order valence-electron chi connectivity index (χ1n) is 8.00. The molecule has 0 unspecified atom stereocenters. The van der Waals surface area contributed by atoms with Crippen molar-refractivity contribution in [1.82, 2.24) is 0 Å². The van der Waals surface area contributed by atoms with Crippen LogP contribution < -0.4 is 64.5 Å². The van der Waals surface area contributed by atoms with Gasteiger partial charge in [-0.25, -0.2) is 4.79 Å². The average Bonchev–Trinajstić information content (AvgIpc) is 2.69. The number of hydrogen-bond acceptors (Lipinski definition) is 4. The molecule has 1 aliphatic heterocycles. The number of fused-ring (bicyclic) bond motifs is 2. The van der Waals surface area contributed by atoms with Gasteiger partial charge in [0, 0.05) is 16.5 Å². The van der Waals surface area contributed by atoms with Gasteiger partial charge in [0.2, 0.25) is 5.43 Å². The molecule has 2 aliphatic rings. The summed E-state index contributed by atoms with van der Waals surface area (Å²) in [5.74, 6) is -0.588. The van der Waals surface area contributed by atoms with E-state index >= 15 is 0 Å². The third-order valence-corrected chi connectivity index (χ3v) is 8.05. The van der Waals surface area contributed by atoms with E-state index in [2.05, 4.69) is 0 Å². The molecule has 1 aliphatic carbocycles. The minimum atomic E-state index is -1.05. The molecule has 0 aromatic heterocycles. The summed E-state index contributed by atoms with van der Waals surface area (Å²) in [5, 5.41) is 20.8. The molecule has 0 saturated heterocycles. The van der Waals surface area contributed by atoms with Crippen LogP contribution in [0.1, 0.15) is 13.2 Å². The van der Waals surface area contributed by atoms with Gasteiger partial charge in [0.25, 0.3) is 0 Å². The number of phenols is 1. The molecule has 0 atom stereocenters. The van der Waals surface area contributed by atoms with E-state index in [4.69, 9.17) is 4.42 Å². The summed E-state index contributed by atoms with van der Waals surface area (Å²) >= 11 is 7.96. The van der Waals surface area contributed by atoms with Crippen LogP contribution in [0.3, 0.4) is 0 Å². The maximum Gasteiger partial charge on any atom is 1.00 e. The van der Waals surface area contributed by atoms with Gasteiger partial charge in [0.1, 0.15) is 9.32 Å². The van der Waals surface area contributed by atoms with Gasteiger partial charge in [-0.15, -0.1) is 0 Å². The number of aromatic carboxylic acids is 1. The normalized spacial score (nSPS) is 10.6. The molecule has 0 amide bonds. The SMILES string of the molecule is O=C(O)c1ccccc1-c1c2cc(I)c(=O)c(I)c-2oc2c(I)c(O)c(I)cc12.[H-].[H-].[Na+].[Na+]. The fraction of sp³-hybridized carbons (Fsp3) is 0. The monoisotopic (exact) mass is 884 g/mol. The molecule has 31 heavy (non-hydrogen) atoms. The quantitative estimate of drug-likeness (QED) is 0.176. The molecule has 150 valence electrons. The van der Waals surface area contributed by atoms with Gasteiger partial charge in [-0.2, -0.15) is 0 Å². The van der Waals surface area contributed by atoms with Gasteiger partial charge in [-0.3, -0.25) is 4.79 Å². The second kappa shape index (κ2) is 11.4. The van der Waals surface area contributed by atoms with Crippen LogP contribution in [-0.4, -0.2) is 16.2 Å². The Morgan fingerprint density at radius 3 is 2.23 bits per heavy atom. The number of benzene rings is 3. The zero-order valence-corrected chi connectivity index (χ0v) is 28.7. The van der Waals surface area contributed by atoms with Crippen molar-refractivity contribution in [1.29, 1.82) is 0 Å². The molecule has 1 heterocycles. The summed E-state index contributed by atoms with van der Waals surface area (Å²) in [5.41, 5.74) is 2.24. The number of rotatable bonds is 2. The topological polar surface area (TPSA) is 87.7 Å². The van der Waals surface area contributed by atoms with E-state index in [-0.39, 0.29) is 78.7 Å². The fourth-order valence-corrected chi connectivity index (χ4v) is 6.75. The molecule has 0 spiro atoms. The summed E-state index contributed by atoms with van der Waals surface area (Å²) in [6.45, 7) is 0. The molecular weight excluding hydrogens is 874 g/mol. The van der Waals surface area contributed by atoms with Crippen molar-refractivity contribution in [2.45, 2.75) is 0 Å². The van der Waals surface area contributed by atoms with Crippen LogP contribution in [0.4, 0.5) is 0 Å². The molecular formula is C20H10I4Na2O5. The largest absolute Gasteiger partial charge is 1.00 e. The van der Waals surface area contributed by atoms with E-state index in [0.717, 1.165) is 0 Å². The van der Waals surface area contributed by atoms with Crippen molar-refractivity contribution in [2.24, 2.45) is 0 Å². The van der Waals surface area contributed by atoms with Crippen LogP contribution >= 0.6 is 90.4 Å². The summed E-state index contributed by atoms with van der Waals surface area (Å²) in [6.07, 6.45) is 0. The van der Waals surface area contributed by atoms with Crippen molar-refractivity contribution in [3.8, 4) is 28.2 Å². The van der Waals surface area contributed by atoms with E-state index in [9.17, 15) is 19.8 Å². The van der Waals surface area contributed by atoms with Gasteiger partial charge in [0.05, 0.1) is 16.3 Å². The number of phenolic OH excluding ortho intramolecular Hbond substituents is 1. The fourth-order valence-electron chi connectivity index (χ4n) is 3.17. The maximum absolute atomic E-state index is 12.5. The number of hydrogen-bond donors (Lipinski definition) is 2. The minimum absolute atomic E-state index is 0. The first kappa shape index (κ1) is 28.6. The van der Waals surface area contributed by atoms with Crippen molar-refractivity contribution in [3.05, 3.63) is 66.5 Å². The average molecular weight is 884 g/mol. The summed E-state index contributed by atoms with van der Waals surface area (Å²) < 4.78 is 8.16. The van der Waals surface area contributed by atoms with Crippen LogP contribution in [0.25, 0.3) is 33.4 Å². The summed E-state index contributed by atoms with van der Waals surface area (Å²) in [7, 11) is 0. The first-order valence-corrected chi connectivity index (χ1v) is 12.3. The molecule has 4 rings (SSSR count). The van der Waals surface area contributed by atoms with Crippen molar-refractivity contribution >= 4 is 107 Å². The Bertz CT molecular complexity index is 1380. The van der Waals surface area contributed by atoms with E-state index in [1.807, 2.05) is 90.4 Å². The number of carboxylic acid groups (broad SMARTS) is 1. The third-order valence-electron chi connectivity index (χ3n) is 4.45. The minimum Gasteiger partial charge on any atom is -1.00 e. The zero-order chi connectivity index (χ0) is 21.0. The Hall–Kier alpha value is 1.32. The van der Waals surface area contributed by atoms with E-state index in [0.29, 0.717) is 47.7 Å². The van der Waals surface area contributed by atoms with Crippen LogP contribution in [0.2, 0.25) is 0 Å². The number of halogens is 4. The molecule has 5 nitrogen and oxygen atoms in total. The molecule has 0 fully saturated rings. The third kappa shape index (κ3) is 5.15. The van der Waals surface area contributed by atoms with E-state index in [1.54, 1.807) is 36.4 Å². The molecule has 0 radical (unpaired) electrons. The standard InChI is InChI=1S/C20H8I4O5.2Na.2H/c21-11-5-9-13(7-3-1-2-4-8(7)20(27)28)10-6-12(22)17(26)15(24)19(10)29-18(9)14(23)16(11)25;;;;/h1-6,25H,(H,27,28);;;;/q;2*+1;2*-1. The zero-order valence-electron chi connectivity index (χ0n) is 18.1. The van der Waals surface area contributed by atoms with Crippen LogP contribution in [0.15, 0.2) is 45.6 Å². The van der Waals surface area contributed by atoms with Crippen molar-refractivity contribution in [3.63, 3.8) is 0 Å². The predicted molar refractivity (Wildman–Crippen MR) is 146 cm³/mol.